The van der Waals surface area contributed by atoms with Crippen LogP contribution < -0.4 is 5.32 Å². The lowest BCUT2D eigenvalue weighted by Gasteiger charge is -2.52. The van der Waals surface area contributed by atoms with Crippen molar-refractivity contribution >= 4 is 5.82 Å². The predicted molar refractivity (Wildman–Crippen MR) is 124 cm³/mol. The smallest absolute Gasteiger partial charge is 0.148 e. The van der Waals surface area contributed by atoms with E-state index >= 15 is 0 Å². The molecule has 1 spiro atoms. The van der Waals surface area contributed by atoms with Gasteiger partial charge < -0.3 is 5.32 Å². The number of nitrogens with one attached hydrogen (secondary N) is 1. The van der Waals surface area contributed by atoms with Crippen molar-refractivity contribution in [2.45, 2.75) is 39.2 Å². The van der Waals surface area contributed by atoms with Crippen LogP contribution in [0.2, 0.25) is 0 Å². The summed E-state index contributed by atoms with van der Waals surface area (Å²) in [5, 5.41) is 16.6. The van der Waals surface area contributed by atoms with Crippen molar-refractivity contribution in [3.8, 4) is 11.3 Å². The Morgan fingerprint density at radius 3 is 2.53 bits per heavy atom. The van der Waals surface area contributed by atoms with Crippen LogP contribution in [-0.2, 0) is 13.6 Å². The molecule has 2 aliphatic rings. The molecular weight excluding hydrogens is 403 g/mol. The molecule has 3 aromatic rings. The molecule has 1 saturated heterocycles. The van der Waals surface area contributed by atoms with Crippen molar-refractivity contribution in [3.63, 3.8) is 0 Å². The average Bonchev–Trinajstić information content (AvgIpc) is 3.11. The Kier molecular flexibility index (Phi) is 5.67. The minimum atomic E-state index is -0.0886. The summed E-state index contributed by atoms with van der Waals surface area (Å²) in [5.74, 6) is 1.43. The van der Waals surface area contributed by atoms with Gasteiger partial charge in [-0.2, -0.15) is 5.10 Å². The minimum absolute atomic E-state index is 0.0886. The molecule has 0 atom stereocenters. The number of nitrogens with zero attached hydrogens (tertiary/aromatic N) is 5. The maximum absolute atomic E-state index is 13.9. The summed E-state index contributed by atoms with van der Waals surface area (Å²) in [6.45, 7) is 5.78. The quantitative estimate of drug-likeness (QED) is 0.622. The van der Waals surface area contributed by atoms with Gasteiger partial charge in [-0.1, -0.05) is 18.2 Å². The lowest BCUT2D eigenvalue weighted by molar-refractivity contribution is -0.0103. The van der Waals surface area contributed by atoms with Gasteiger partial charge in [0, 0.05) is 37.5 Å². The number of benzene rings is 1. The number of aryl methyl sites for hydroxylation is 2. The highest BCUT2D eigenvalue weighted by Gasteiger charge is 2.45. The van der Waals surface area contributed by atoms with Gasteiger partial charge in [0.05, 0.1) is 11.4 Å². The minimum Gasteiger partial charge on any atom is -0.368 e. The number of hydrogen-bond acceptors (Lipinski definition) is 5. The van der Waals surface area contributed by atoms with Gasteiger partial charge in [-0.25, -0.2) is 4.39 Å². The Bertz CT molecular complexity index is 1060. The Morgan fingerprint density at radius 2 is 1.88 bits per heavy atom. The molecular formula is C25H31FN6. The Balaban J connectivity index is 1.07. The largest absolute Gasteiger partial charge is 0.368 e. The van der Waals surface area contributed by atoms with E-state index < -0.39 is 0 Å². The van der Waals surface area contributed by atoms with E-state index in [1.165, 1.54) is 25.7 Å². The molecule has 1 aromatic carbocycles. The van der Waals surface area contributed by atoms with E-state index in [0.717, 1.165) is 54.5 Å². The number of anilines is 1. The van der Waals surface area contributed by atoms with Gasteiger partial charge >= 0.3 is 0 Å². The molecule has 6 nitrogen and oxygen atoms in total. The molecule has 7 heteroatoms. The lowest BCUT2D eigenvalue weighted by atomic mass is 9.57. The van der Waals surface area contributed by atoms with Gasteiger partial charge in [0.15, 0.2) is 0 Å². The molecule has 0 unspecified atom stereocenters. The summed E-state index contributed by atoms with van der Waals surface area (Å²) in [4.78, 5) is 2.40. The zero-order chi connectivity index (χ0) is 22.1. The van der Waals surface area contributed by atoms with Crippen LogP contribution in [0.4, 0.5) is 10.2 Å². The van der Waals surface area contributed by atoms with Crippen LogP contribution in [0, 0.1) is 24.1 Å². The molecule has 1 N–H and O–H groups in total. The summed E-state index contributed by atoms with van der Waals surface area (Å²) in [7, 11) is 1.91. The second kappa shape index (κ2) is 8.62. The molecule has 168 valence electrons. The van der Waals surface area contributed by atoms with E-state index in [-0.39, 0.29) is 5.82 Å². The molecule has 5 rings (SSSR count). The third-order valence-corrected chi connectivity index (χ3v) is 7.24. The van der Waals surface area contributed by atoms with Gasteiger partial charge in [0.2, 0.25) is 0 Å². The Morgan fingerprint density at radius 1 is 1.09 bits per heavy atom. The number of likely N-dealkylation sites (tertiary alicyclic amines) is 1. The normalized spacial score (nSPS) is 18.6. The molecule has 2 aromatic heterocycles. The van der Waals surface area contributed by atoms with Gasteiger partial charge in [0.25, 0.3) is 0 Å². The summed E-state index contributed by atoms with van der Waals surface area (Å²) in [6.07, 6.45) is 6.96. The molecule has 2 fully saturated rings. The zero-order valence-electron chi connectivity index (χ0n) is 18.9. The van der Waals surface area contributed by atoms with Gasteiger partial charge in [0.1, 0.15) is 11.6 Å². The Labute approximate surface area is 188 Å². The van der Waals surface area contributed by atoms with E-state index in [0.29, 0.717) is 11.3 Å². The van der Waals surface area contributed by atoms with Crippen molar-refractivity contribution in [1.29, 1.82) is 0 Å². The molecule has 1 aliphatic carbocycles. The fraction of sp³-hybridized carbons (Fsp3) is 0.480. The highest BCUT2D eigenvalue weighted by molar-refractivity contribution is 5.61. The van der Waals surface area contributed by atoms with Crippen molar-refractivity contribution < 1.29 is 4.39 Å². The first-order chi connectivity index (χ1) is 15.5. The van der Waals surface area contributed by atoms with Crippen LogP contribution >= 0.6 is 0 Å². The third kappa shape index (κ3) is 4.39. The number of aromatic nitrogens is 4. The first-order valence-electron chi connectivity index (χ1n) is 11.5. The molecule has 0 radical (unpaired) electrons. The van der Waals surface area contributed by atoms with E-state index in [1.54, 1.807) is 16.8 Å². The maximum Gasteiger partial charge on any atom is 0.148 e. The molecule has 1 saturated carbocycles. The molecule has 0 bridgehead atoms. The SMILES string of the molecule is Cc1nn(C)cc1-c1ccc(NCC2CC3(CCN(Cc4ccccc4F)CC3)C2)nn1. The van der Waals surface area contributed by atoms with Gasteiger partial charge in [-0.15, -0.1) is 10.2 Å². The summed E-state index contributed by atoms with van der Waals surface area (Å²) < 4.78 is 15.7. The van der Waals surface area contributed by atoms with E-state index in [9.17, 15) is 4.39 Å². The van der Waals surface area contributed by atoms with Crippen LogP contribution in [0.3, 0.4) is 0 Å². The van der Waals surface area contributed by atoms with Gasteiger partial charge in [-0.3, -0.25) is 9.58 Å². The van der Waals surface area contributed by atoms with Gasteiger partial charge in [-0.05, 0) is 75.2 Å². The zero-order valence-corrected chi connectivity index (χ0v) is 18.9. The first kappa shape index (κ1) is 21.1. The standard InChI is InChI=1S/C25H31FN6/c1-18-21(17-31(2)30-18)23-7-8-24(29-28-23)27-15-19-13-25(14-19)9-11-32(12-10-25)16-20-5-3-4-6-22(20)26/h3-8,17,19H,9-16H2,1-2H3,(H,27,29). The molecule has 32 heavy (non-hydrogen) atoms. The summed E-state index contributed by atoms with van der Waals surface area (Å²) >= 11 is 0. The van der Waals surface area contributed by atoms with Crippen molar-refractivity contribution in [2.24, 2.45) is 18.4 Å². The average molecular weight is 435 g/mol. The summed E-state index contributed by atoms with van der Waals surface area (Å²) in [6, 6.07) is 11.1. The number of piperidine rings is 1. The number of rotatable bonds is 6. The second-order valence-corrected chi connectivity index (χ2v) is 9.63. The van der Waals surface area contributed by atoms with E-state index in [4.69, 9.17) is 0 Å². The second-order valence-electron chi connectivity index (χ2n) is 9.63. The predicted octanol–water partition coefficient (Wildman–Crippen LogP) is 4.43. The van der Waals surface area contributed by atoms with Crippen LogP contribution in [0.5, 0.6) is 0 Å². The van der Waals surface area contributed by atoms with Crippen molar-refractivity contribution in [1.82, 2.24) is 24.9 Å². The van der Waals surface area contributed by atoms with Crippen molar-refractivity contribution in [2.75, 3.05) is 25.0 Å². The maximum atomic E-state index is 13.9. The first-order valence-corrected chi connectivity index (χ1v) is 11.5. The Hall–Kier alpha value is -2.80. The monoisotopic (exact) mass is 434 g/mol. The fourth-order valence-corrected chi connectivity index (χ4v) is 5.44. The van der Waals surface area contributed by atoms with Crippen molar-refractivity contribution in [3.05, 3.63) is 59.7 Å². The number of hydrogen-bond donors (Lipinski definition) is 1. The highest BCUT2D eigenvalue weighted by Crippen LogP contribution is 2.52. The molecule has 1 aliphatic heterocycles. The number of halogens is 1. The van der Waals surface area contributed by atoms with E-state index in [1.807, 2.05) is 44.4 Å². The summed E-state index contributed by atoms with van der Waals surface area (Å²) in [5.41, 5.74) is 4.14. The van der Waals surface area contributed by atoms with E-state index in [2.05, 4.69) is 25.5 Å². The topological polar surface area (TPSA) is 58.9 Å². The highest BCUT2D eigenvalue weighted by atomic mass is 19.1. The van der Waals surface area contributed by atoms with Crippen LogP contribution in [-0.4, -0.2) is 44.5 Å². The molecule has 0 amide bonds. The van der Waals surface area contributed by atoms with Crippen LogP contribution in [0.25, 0.3) is 11.3 Å². The lowest BCUT2D eigenvalue weighted by Crippen LogP contribution is -2.48. The fourth-order valence-electron chi connectivity index (χ4n) is 5.44. The van der Waals surface area contributed by atoms with Crippen LogP contribution in [0.15, 0.2) is 42.6 Å². The molecule has 3 heterocycles. The van der Waals surface area contributed by atoms with Crippen LogP contribution in [0.1, 0.15) is 36.9 Å². The third-order valence-electron chi connectivity index (χ3n) is 7.24.